The first-order valence-corrected chi connectivity index (χ1v) is 9.92. The molecule has 3 nitrogen and oxygen atoms in total. The molecule has 4 aliphatic rings. The van der Waals surface area contributed by atoms with E-state index in [1.807, 2.05) is 0 Å². The van der Waals surface area contributed by atoms with Gasteiger partial charge in [0, 0.05) is 0 Å². The average Bonchev–Trinajstić information content (AvgIpc) is 2.83. The Morgan fingerprint density at radius 1 is 1.12 bits per heavy atom. The van der Waals surface area contributed by atoms with Gasteiger partial charge >= 0.3 is 5.97 Å². The predicted molar refractivity (Wildman–Crippen MR) is 93.5 cm³/mol. The Bertz CT molecular complexity index is 567. The van der Waals surface area contributed by atoms with Gasteiger partial charge in [-0.05, 0) is 85.9 Å². The molecule has 0 aliphatic heterocycles. The number of fused-ring (bicyclic) bond motifs is 5. The molecular formula is C21H32O3. The number of hydrogen-bond donors (Lipinski definition) is 2. The number of carboxylic acids is 1. The van der Waals surface area contributed by atoms with Gasteiger partial charge in [-0.15, -0.1) is 0 Å². The van der Waals surface area contributed by atoms with Crippen molar-refractivity contribution in [3.05, 3.63) is 11.6 Å². The monoisotopic (exact) mass is 332 g/mol. The van der Waals surface area contributed by atoms with Gasteiger partial charge in [-0.3, -0.25) is 4.79 Å². The van der Waals surface area contributed by atoms with Crippen molar-refractivity contribution in [2.45, 2.75) is 77.7 Å². The molecule has 2 N–H and O–H groups in total. The maximum Gasteiger partial charge on any atom is 0.307 e. The number of allylic oxidation sites excluding steroid dienone is 1. The van der Waals surface area contributed by atoms with Crippen molar-refractivity contribution in [1.82, 2.24) is 0 Å². The van der Waals surface area contributed by atoms with Crippen molar-refractivity contribution < 1.29 is 15.0 Å². The minimum atomic E-state index is -0.688. The van der Waals surface area contributed by atoms with Crippen molar-refractivity contribution in [2.24, 2.45) is 34.5 Å². The Kier molecular flexibility index (Phi) is 3.87. The molecule has 0 spiro atoms. The summed E-state index contributed by atoms with van der Waals surface area (Å²) < 4.78 is 0. The van der Waals surface area contributed by atoms with E-state index < -0.39 is 5.97 Å². The van der Waals surface area contributed by atoms with Crippen molar-refractivity contribution in [3.8, 4) is 0 Å². The molecule has 0 aromatic carbocycles. The van der Waals surface area contributed by atoms with Crippen molar-refractivity contribution in [1.29, 1.82) is 0 Å². The van der Waals surface area contributed by atoms with E-state index in [1.165, 1.54) is 32.1 Å². The Morgan fingerprint density at radius 3 is 2.62 bits per heavy atom. The number of aliphatic carboxylic acids is 1. The lowest BCUT2D eigenvalue weighted by molar-refractivity contribution is -0.136. The highest BCUT2D eigenvalue weighted by Crippen LogP contribution is 2.66. The van der Waals surface area contributed by atoms with Crippen LogP contribution in [-0.2, 0) is 4.79 Å². The van der Waals surface area contributed by atoms with Crippen LogP contribution in [0.15, 0.2) is 11.6 Å². The summed E-state index contributed by atoms with van der Waals surface area (Å²) in [6, 6.07) is 0. The summed E-state index contributed by atoms with van der Waals surface area (Å²) >= 11 is 0. The van der Waals surface area contributed by atoms with Crippen molar-refractivity contribution in [2.75, 3.05) is 0 Å². The zero-order chi connectivity index (χ0) is 17.1. The van der Waals surface area contributed by atoms with Gasteiger partial charge in [-0.25, -0.2) is 0 Å². The van der Waals surface area contributed by atoms with Crippen LogP contribution >= 0.6 is 0 Å². The lowest BCUT2D eigenvalue weighted by Gasteiger charge is -2.59. The van der Waals surface area contributed by atoms with Crippen LogP contribution in [-0.4, -0.2) is 22.3 Å². The SMILES string of the molecule is C[C@]12CC=C(CC(=O)O)C[C@@H]1CC[C@@H]1[C@@H]2CC[C@]2(C)[C@@H](O)CC[C@@H]12. The Morgan fingerprint density at radius 2 is 1.88 bits per heavy atom. The highest BCUT2D eigenvalue weighted by molar-refractivity contribution is 5.70. The lowest BCUT2D eigenvalue weighted by Crippen LogP contribution is -2.53. The van der Waals surface area contributed by atoms with Crippen molar-refractivity contribution >= 4 is 5.97 Å². The van der Waals surface area contributed by atoms with Gasteiger partial charge in [0.25, 0.3) is 0 Å². The van der Waals surface area contributed by atoms with E-state index in [-0.39, 0.29) is 17.9 Å². The van der Waals surface area contributed by atoms with Crippen LogP contribution in [0.4, 0.5) is 0 Å². The van der Waals surface area contributed by atoms with Gasteiger partial charge < -0.3 is 10.2 Å². The van der Waals surface area contributed by atoms with Crippen LogP contribution in [0.1, 0.15) is 71.6 Å². The summed E-state index contributed by atoms with van der Waals surface area (Å²) in [5, 5.41) is 19.6. The minimum absolute atomic E-state index is 0.0950. The van der Waals surface area contributed by atoms with Crippen LogP contribution in [0.5, 0.6) is 0 Å². The largest absolute Gasteiger partial charge is 0.481 e. The highest BCUT2D eigenvalue weighted by Gasteiger charge is 2.59. The third-order valence-electron chi connectivity index (χ3n) is 8.73. The van der Waals surface area contributed by atoms with Gasteiger partial charge in [0.05, 0.1) is 12.5 Å². The summed E-state index contributed by atoms with van der Waals surface area (Å²) in [5.41, 5.74) is 1.66. The van der Waals surface area contributed by atoms with Crippen molar-refractivity contribution in [3.63, 3.8) is 0 Å². The van der Waals surface area contributed by atoms with Gasteiger partial charge in [0.2, 0.25) is 0 Å². The van der Waals surface area contributed by atoms with Crippen LogP contribution < -0.4 is 0 Å². The molecule has 0 amide bonds. The second kappa shape index (κ2) is 5.59. The number of carboxylic acid groups (broad SMARTS) is 1. The molecule has 4 aliphatic carbocycles. The molecule has 7 atom stereocenters. The van der Waals surface area contributed by atoms with Crippen LogP contribution in [0.3, 0.4) is 0 Å². The number of aliphatic hydroxyl groups is 1. The minimum Gasteiger partial charge on any atom is -0.481 e. The normalized spacial score (nSPS) is 50.5. The molecule has 3 saturated carbocycles. The predicted octanol–water partition coefficient (Wildman–Crippen LogP) is 4.40. The van der Waals surface area contributed by atoms with E-state index in [4.69, 9.17) is 5.11 Å². The number of carbonyl (C=O) groups is 1. The van der Waals surface area contributed by atoms with E-state index in [9.17, 15) is 9.90 Å². The first-order valence-electron chi connectivity index (χ1n) is 9.92. The molecule has 3 heteroatoms. The lowest BCUT2D eigenvalue weighted by atomic mass is 9.45. The van der Waals surface area contributed by atoms with Gasteiger partial charge in [-0.1, -0.05) is 25.5 Å². The maximum atomic E-state index is 11.1. The fourth-order valence-corrected chi connectivity index (χ4v) is 7.26. The molecule has 0 aromatic rings. The topological polar surface area (TPSA) is 57.5 Å². The van der Waals surface area contributed by atoms with Crippen LogP contribution in [0, 0.1) is 34.5 Å². The first-order chi connectivity index (χ1) is 11.3. The molecular weight excluding hydrogens is 300 g/mol. The second-order valence-electron chi connectivity index (χ2n) is 9.64. The quantitative estimate of drug-likeness (QED) is 0.737. The molecule has 4 rings (SSSR count). The fourth-order valence-electron chi connectivity index (χ4n) is 7.26. The summed E-state index contributed by atoms with van der Waals surface area (Å²) in [4.78, 5) is 11.1. The molecule has 0 saturated heterocycles. The Labute approximate surface area is 145 Å². The third kappa shape index (κ3) is 2.30. The molecule has 3 fully saturated rings. The smallest absolute Gasteiger partial charge is 0.307 e. The van der Waals surface area contributed by atoms with Crippen LogP contribution in [0.2, 0.25) is 0 Å². The third-order valence-corrected chi connectivity index (χ3v) is 8.73. The van der Waals surface area contributed by atoms with E-state index in [0.717, 1.165) is 36.7 Å². The van der Waals surface area contributed by atoms with E-state index in [2.05, 4.69) is 19.9 Å². The van der Waals surface area contributed by atoms with E-state index in [1.54, 1.807) is 0 Å². The summed E-state index contributed by atoms with van der Waals surface area (Å²) in [6.45, 7) is 4.82. The number of hydrogen-bond acceptors (Lipinski definition) is 2. The van der Waals surface area contributed by atoms with Crippen LogP contribution in [0.25, 0.3) is 0 Å². The molecule has 0 heterocycles. The second-order valence-corrected chi connectivity index (χ2v) is 9.64. The van der Waals surface area contributed by atoms with E-state index >= 15 is 0 Å². The molecule has 0 radical (unpaired) electrons. The van der Waals surface area contributed by atoms with Gasteiger partial charge in [0.1, 0.15) is 0 Å². The molecule has 24 heavy (non-hydrogen) atoms. The summed E-state index contributed by atoms with van der Waals surface area (Å²) in [7, 11) is 0. The van der Waals surface area contributed by atoms with E-state index in [0.29, 0.717) is 17.3 Å². The Balaban J connectivity index is 1.58. The number of aliphatic hydroxyl groups excluding tert-OH is 1. The maximum absolute atomic E-state index is 11.1. The van der Waals surface area contributed by atoms with Gasteiger partial charge in [-0.2, -0.15) is 0 Å². The molecule has 134 valence electrons. The standard InChI is InChI=1S/C21H32O3/c1-20-9-7-13(12-19(23)24)11-14(20)3-4-15-16-5-6-18(22)21(16,2)10-8-17(15)20/h7,14-18,22H,3-6,8-12H2,1-2H3,(H,23,24)/t14-,15-,16-,17-,18-,20-,21-/m0/s1. The highest BCUT2D eigenvalue weighted by atomic mass is 16.4. The first kappa shape index (κ1) is 16.6. The molecule has 0 aromatic heterocycles. The zero-order valence-corrected chi connectivity index (χ0v) is 15.1. The summed E-state index contributed by atoms with van der Waals surface area (Å²) in [6.07, 6.45) is 11.6. The fraction of sp³-hybridized carbons (Fsp3) is 0.857. The number of rotatable bonds is 2. The molecule has 0 unspecified atom stereocenters. The molecule has 0 bridgehead atoms. The summed E-state index contributed by atoms with van der Waals surface area (Å²) in [5.74, 6) is 2.22. The average molecular weight is 332 g/mol. The Hall–Kier alpha value is -0.830. The zero-order valence-electron chi connectivity index (χ0n) is 15.1. The van der Waals surface area contributed by atoms with Gasteiger partial charge in [0.15, 0.2) is 0 Å².